The van der Waals surface area contributed by atoms with Gasteiger partial charge in [0.15, 0.2) is 0 Å². The van der Waals surface area contributed by atoms with E-state index in [0.29, 0.717) is 0 Å². The summed E-state index contributed by atoms with van der Waals surface area (Å²) in [5.74, 6) is 0.785. The second-order valence-corrected chi connectivity index (χ2v) is 4.09. The molecule has 0 bridgehead atoms. The van der Waals surface area contributed by atoms with E-state index in [0.717, 1.165) is 44.2 Å². The number of hydrogen-bond donors (Lipinski definition) is 1. The van der Waals surface area contributed by atoms with Crippen LogP contribution in [0.4, 0.5) is 0 Å². The summed E-state index contributed by atoms with van der Waals surface area (Å²) < 4.78 is 1.97. The fourth-order valence-electron chi connectivity index (χ4n) is 2.05. The van der Waals surface area contributed by atoms with E-state index in [1.807, 2.05) is 16.7 Å². The van der Waals surface area contributed by atoms with Crippen LogP contribution in [0, 0.1) is 0 Å². The molecule has 0 radical (unpaired) electrons. The second-order valence-electron chi connectivity index (χ2n) is 4.09. The summed E-state index contributed by atoms with van der Waals surface area (Å²) in [6.07, 6.45) is 5.82. The molecular formula is C11H15N5. The fraction of sp³-hybridized carbons (Fsp3) is 0.455. The quantitative estimate of drug-likeness (QED) is 0.777. The first-order chi connectivity index (χ1) is 7.92. The molecule has 2 aromatic heterocycles. The first kappa shape index (κ1) is 9.74. The van der Waals surface area contributed by atoms with E-state index in [-0.39, 0.29) is 0 Å². The van der Waals surface area contributed by atoms with E-state index >= 15 is 0 Å². The van der Waals surface area contributed by atoms with Crippen LogP contribution in [-0.2, 0) is 6.54 Å². The van der Waals surface area contributed by atoms with E-state index < -0.39 is 0 Å². The molecule has 1 aliphatic rings. The third kappa shape index (κ3) is 1.91. The Balaban J connectivity index is 1.78. The van der Waals surface area contributed by atoms with Crippen LogP contribution in [0.2, 0.25) is 0 Å². The van der Waals surface area contributed by atoms with Crippen LogP contribution in [0.15, 0.2) is 24.7 Å². The monoisotopic (exact) mass is 217 g/mol. The van der Waals surface area contributed by atoms with Crippen LogP contribution < -0.4 is 5.32 Å². The van der Waals surface area contributed by atoms with Gasteiger partial charge in [-0.2, -0.15) is 0 Å². The normalized spacial score (nSPS) is 18.0. The Labute approximate surface area is 94.1 Å². The minimum absolute atomic E-state index is 0.785. The molecule has 3 rings (SSSR count). The Bertz CT molecular complexity index is 439. The first-order valence-electron chi connectivity index (χ1n) is 5.63. The summed E-state index contributed by atoms with van der Waals surface area (Å²) in [7, 11) is 0. The molecule has 3 heterocycles. The van der Waals surface area contributed by atoms with Crippen molar-refractivity contribution in [3.63, 3.8) is 0 Å². The summed E-state index contributed by atoms with van der Waals surface area (Å²) in [4.78, 5) is 11.1. The predicted octanol–water partition coefficient (Wildman–Crippen LogP) is 0.134. The summed E-state index contributed by atoms with van der Waals surface area (Å²) >= 11 is 0. The van der Waals surface area contributed by atoms with Gasteiger partial charge < -0.3 is 5.32 Å². The maximum Gasteiger partial charge on any atom is 0.233 e. The van der Waals surface area contributed by atoms with E-state index in [2.05, 4.69) is 26.4 Å². The number of aromatic nitrogens is 3. The third-order valence-electron chi connectivity index (χ3n) is 2.88. The van der Waals surface area contributed by atoms with Crippen LogP contribution in [-0.4, -0.2) is 45.4 Å². The van der Waals surface area contributed by atoms with Gasteiger partial charge in [0.05, 0.1) is 5.69 Å². The second kappa shape index (κ2) is 4.19. The van der Waals surface area contributed by atoms with Crippen molar-refractivity contribution in [2.24, 2.45) is 0 Å². The molecule has 16 heavy (non-hydrogen) atoms. The SMILES string of the molecule is c1cnc2nc(CN3CCNCC3)cn2c1. The molecule has 2 aromatic rings. The van der Waals surface area contributed by atoms with Gasteiger partial charge in [0.1, 0.15) is 0 Å². The van der Waals surface area contributed by atoms with E-state index in [1.54, 1.807) is 6.20 Å². The molecular weight excluding hydrogens is 202 g/mol. The molecule has 1 fully saturated rings. The van der Waals surface area contributed by atoms with Gasteiger partial charge in [-0.05, 0) is 6.07 Å². The molecule has 0 amide bonds. The van der Waals surface area contributed by atoms with E-state index in [4.69, 9.17) is 0 Å². The summed E-state index contributed by atoms with van der Waals surface area (Å²) in [5, 5.41) is 3.35. The Kier molecular flexibility index (Phi) is 2.55. The highest BCUT2D eigenvalue weighted by molar-refractivity contribution is 5.29. The number of nitrogens with zero attached hydrogens (tertiary/aromatic N) is 4. The maximum atomic E-state index is 4.50. The van der Waals surface area contributed by atoms with Gasteiger partial charge in [-0.3, -0.25) is 9.30 Å². The Morgan fingerprint density at radius 1 is 1.31 bits per heavy atom. The smallest absolute Gasteiger partial charge is 0.233 e. The van der Waals surface area contributed by atoms with Crippen molar-refractivity contribution in [2.75, 3.05) is 26.2 Å². The highest BCUT2D eigenvalue weighted by Gasteiger charge is 2.11. The van der Waals surface area contributed by atoms with Crippen molar-refractivity contribution < 1.29 is 0 Å². The number of hydrogen-bond acceptors (Lipinski definition) is 4. The molecule has 1 aliphatic heterocycles. The van der Waals surface area contributed by atoms with Gasteiger partial charge >= 0.3 is 0 Å². The van der Waals surface area contributed by atoms with Crippen molar-refractivity contribution >= 4 is 5.78 Å². The largest absolute Gasteiger partial charge is 0.314 e. The van der Waals surface area contributed by atoms with Crippen LogP contribution in [0.5, 0.6) is 0 Å². The topological polar surface area (TPSA) is 45.5 Å². The minimum atomic E-state index is 0.785. The maximum absolute atomic E-state index is 4.50. The van der Waals surface area contributed by atoms with Crippen molar-refractivity contribution in [3.8, 4) is 0 Å². The molecule has 5 nitrogen and oxygen atoms in total. The Hall–Kier alpha value is -1.46. The average Bonchev–Trinajstić information content (AvgIpc) is 2.72. The third-order valence-corrected chi connectivity index (χ3v) is 2.88. The lowest BCUT2D eigenvalue weighted by atomic mass is 10.3. The highest BCUT2D eigenvalue weighted by Crippen LogP contribution is 2.06. The number of imidazole rings is 1. The van der Waals surface area contributed by atoms with Gasteiger partial charge in [0.2, 0.25) is 5.78 Å². The molecule has 0 aromatic carbocycles. The molecule has 0 saturated carbocycles. The Morgan fingerprint density at radius 2 is 2.19 bits per heavy atom. The summed E-state index contributed by atoms with van der Waals surface area (Å²) in [5.41, 5.74) is 1.10. The number of rotatable bonds is 2. The molecule has 84 valence electrons. The van der Waals surface area contributed by atoms with Crippen LogP contribution in [0.1, 0.15) is 5.69 Å². The molecule has 0 aliphatic carbocycles. The number of piperazine rings is 1. The van der Waals surface area contributed by atoms with Gasteiger partial charge in [-0.15, -0.1) is 0 Å². The first-order valence-corrected chi connectivity index (χ1v) is 5.63. The van der Waals surface area contributed by atoms with Crippen LogP contribution in [0.25, 0.3) is 5.78 Å². The van der Waals surface area contributed by atoms with Gasteiger partial charge in [-0.25, -0.2) is 9.97 Å². The fourth-order valence-corrected chi connectivity index (χ4v) is 2.05. The van der Waals surface area contributed by atoms with E-state index in [1.165, 1.54) is 0 Å². The van der Waals surface area contributed by atoms with Gasteiger partial charge in [0.25, 0.3) is 0 Å². The van der Waals surface area contributed by atoms with Crippen LogP contribution in [0.3, 0.4) is 0 Å². The van der Waals surface area contributed by atoms with Crippen molar-refractivity contribution in [3.05, 3.63) is 30.4 Å². The van der Waals surface area contributed by atoms with E-state index in [9.17, 15) is 0 Å². The van der Waals surface area contributed by atoms with Crippen molar-refractivity contribution in [1.82, 2.24) is 24.6 Å². The zero-order valence-electron chi connectivity index (χ0n) is 9.13. The molecule has 0 spiro atoms. The lowest BCUT2D eigenvalue weighted by molar-refractivity contribution is 0.231. The molecule has 1 saturated heterocycles. The number of nitrogens with one attached hydrogen (secondary N) is 1. The lowest BCUT2D eigenvalue weighted by Gasteiger charge is -2.26. The lowest BCUT2D eigenvalue weighted by Crippen LogP contribution is -2.42. The molecule has 0 atom stereocenters. The zero-order chi connectivity index (χ0) is 10.8. The Morgan fingerprint density at radius 3 is 3.00 bits per heavy atom. The number of fused-ring (bicyclic) bond motifs is 1. The predicted molar refractivity (Wildman–Crippen MR) is 61.1 cm³/mol. The van der Waals surface area contributed by atoms with Crippen molar-refractivity contribution in [2.45, 2.75) is 6.54 Å². The average molecular weight is 217 g/mol. The van der Waals surface area contributed by atoms with Gasteiger partial charge in [0, 0.05) is 51.3 Å². The molecule has 5 heteroatoms. The van der Waals surface area contributed by atoms with Gasteiger partial charge in [-0.1, -0.05) is 0 Å². The molecule has 0 unspecified atom stereocenters. The highest BCUT2D eigenvalue weighted by atomic mass is 15.2. The van der Waals surface area contributed by atoms with Crippen molar-refractivity contribution in [1.29, 1.82) is 0 Å². The summed E-state index contributed by atoms with van der Waals surface area (Å²) in [6.45, 7) is 5.27. The zero-order valence-corrected chi connectivity index (χ0v) is 9.13. The standard InChI is InChI=1S/C11H15N5/c1-2-13-11-14-10(9-16(11)5-1)8-15-6-3-12-4-7-15/h1-2,5,9,12H,3-4,6-8H2. The van der Waals surface area contributed by atoms with Crippen LogP contribution >= 0.6 is 0 Å². The molecule has 1 N–H and O–H groups in total. The minimum Gasteiger partial charge on any atom is -0.314 e. The summed E-state index contributed by atoms with van der Waals surface area (Å²) in [6, 6.07) is 1.92.